The third-order valence-electron chi connectivity index (χ3n) is 2.64. The minimum absolute atomic E-state index is 0.0151. The van der Waals surface area contributed by atoms with Crippen LogP contribution in [0.4, 0.5) is 11.4 Å². The molecule has 20 heavy (non-hydrogen) atoms. The maximum Gasteiger partial charge on any atom is 0.356 e. The number of nitro groups is 1. The first-order valence-corrected chi connectivity index (χ1v) is 5.73. The molecule has 1 aromatic heterocycles. The summed E-state index contributed by atoms with van der Waals surface area (Å²) in [5.74, 6) is -1.11. The highest BCUT2D eigenvalue weighted by atomic mass is 16.6. The van der Waals surface area contributed by atoms with Crippen LogP contribution in [0.15, 0.2) is 42.6 Å². The van der Waals surface area contributed by atoms with Gasteiger partial charge in [-0.3, -0.25) is 10.1 Å². The van der Waals surface area contributed by atoms with Gasteiger partial charge in [-0.2, -0.15) is 0 Å². The highest BCUT2D eigenvalue weighted by molar-refractivity contribution is 5.91. The van der Waals surface area contributed by atoms with Gasteiger partial charge in [-0.15, -0.1) is 0 Å². The standard InChI is InChI=1S/C13H11N3O4/c17-13(18)12-11(2-1-7-14-12)15-8-9-3-5-10(6-4-9)16(19)20/h1-7,15H,8H2,(H,17,18). The van der Waals surface area contributed by atoms with Crippen LogP contribution in [0.5, 0.6) is 0 Å². The second-order valence-corrected chi connectivity index (χ2v) is 3.98. The van der Waals surface area contributed by atoms with Gasteiger partial charge in [-0.1, -0.05) is 12.1 Å². The van der Waals surface area contributed by atoms with Crippen molar-refractivity contribution in [3.05, 3.63) is 64.0 Å². The van der Waals surface area contributed by atoms with Gasteiger partial charge in [-0.05, 0) is 17.7 Å². The zero-order valence-electron chi connectivity index (χ0n) is 10.3. The van der Waals surface area contributed by atoms with E-state index in [1.54, 1.807) is 24.3 Å². The van der Waals surface area contributed by atoms with Crippen LogP contribution in [0.25, 0.3) is 0 Å². The summed E-state index contributed by atoms with van der Waals surface area (Å²) < 4.78 is 0. The van der Waals surface area contributed by atoms with Gasteiger partial charge in [0.2, 0.25) is 0 Å². The van der Waals surface area contributed by atoms with Gasteiger partial charge >= 0.3 is 5.97 Å². The number of carboxylic acid groups (broad SMARTS) is 1. The average molecular weight is 273 g/mol. The summed E-state index contributed by atoms with van der Waals surface area (Å²) in [7, 11) is 0. The first-order chi connectivity index (χ1) is 9.58. The highest BCUT2D eigenvalue weighted by Crippen LogP contribution is 2.16. The van der Waals surface area contributed by atoms with Crippen molar-refractivity contribution in [2.75, 3.05) is 5.32 Å². The summed E-state index contributed by atoms with van der Waals surface area (Å²) in [5, 5.41) is 22.5. The normalized spacial score (nSPS) is 10.0. The lowest BCUT2D eigenvalue weighted by Crippen LogP contribution is -2.08. The number of nitrogens with one attached hydrogen (secondary N) is 1. The lowest BCUT2D eigenvalue weighted by Gasteiger charge is -2.08. The van der Waals surface area contributed by atoms with Crippen molar-refractivity contribution >= 4 is 17.3 Å². The van der Waals surface area contributed by atoms with E-state index in [1.807, 2.05) is 0 Å². The molecule has 102 valence electrons. The average Bonchev–Trinajstić information content (AvgIpc) is 2.45. The van der Waals surface area contributed by atoms with Gasteiger partial charge in [0.05, 0.1) is 10.6 Å². The quantitative estimate of drug-likeness (QED) is 0.639. The largest absolute Gasteiger partial charge is 0.476 e. The smallest absolute Gasteiger partial charge is 0.356 e. The van der Waals surface area contributed by atoms with Crippen LogP contribution < -0.4 is 5.32 Å². The van der Waals surface area contributed by atoms with Gasteiger partial charge in [0.1, 0.15) is 0 Å². The Morgan fingerprint density at radius 1 is 1.30 bits per heavy atom. The van der Waals surface area contributed by atoms with Crippen molar-refractivity contribution in [3.8, 4) is 0 Å². The molecule has 0 bridgehead atoms. The van der Waals surface area contributed by atoms with E-state index < -0.39 is 10.9 Å². The van der Waals surface area contributed by atoms with E-state index in [4.69, 9.17) is 5.11 Å². The van der Waals surface area contributed by atoms with Crippen molar-refractivity contribution in [2.45, 2.75) is 6.54 Å². The molecular formula is C13H11N3O4. The van der Waals surface area contributed by atoms with E-state index in [9.17, 15) is 14.9 Å². The summed E-state index contributed by atoms with van der Waals surface area (Å²) in [5.41, 5.74) is 1.16. The molecule has 2 rings (SSSR count). The Morgan fingerprint density at radius 3 is 2.60 bits per heavy atom. The Labute approximate surface area is 114 Å². The van der Waals surface area contributed by atoms with E-state index in [0.29, 0.717) is 12.2 Å². The molecule has 0 saturated heterocycles. The zero-order chi connectivity index (χ0) is 14.5. The van der Waals surface area contributed by atoms with Crippen molar-refractivity contribution in [2.24, 2.45) is 0 Å². The number of aromatic carboxylic acids is 1. The van der Waals surface area contributed by atoms with Gasteiger partial charge in [0.25, 0.3) is 5.69 Å². The molecule has 0 spiro atoms. The summed E-state index contributed by atoms with van der Waals surface area (Å²) in [6.07, 6.45) is 1.40. The number of aromatic nitrogens is 1. The molecule has 1 aromatic carbocycles. The van der Waals surface area contributed by atoms with Crippen molar-refractivity contribution < 1.29 is 14.8 Å². The summed E-state index contributed by atoms with van der Waals surface area (Å²) >= 11 is 0. The molecule has 0 unspecified atom stereocenters. The monoisotopic (exact) mass is 273 g/mol. The number of carbonyl (C=O) groups is 1. The number of pyridine rings is 1. The third-order valence-corrected chi connectivity index (χ3v) is 2.64. The predicted molar refractivity (Wildman–Crippen MR) is 71.6 cm³/mol. The molecule has 2 N–H and O–H groups in total. The third kappa shape index (κ3) is 3.08. The maximum atomic E-state index is 11.0. The fourth-order valence-corrected chi connectivity index (χ4v) is 1.65. The van der Waals surface area contributed by atoms with Crippen LogP contribution in [0.2, 0.25) is 0 Å². The molecule has 0 radical (unpaired) electrons. The summed E-state index contributed by atoms with van der Waals surface area (Å²) in [4.78, 5) is 24.8. The molecule has 1 heterocycles. The summed E-state index contributed by atoms with van der Waals surface area (Å²) in [6, 6.07) is 9.27. The summed E-state index contributed by atoms with van der Waals surface area (Å²) in [6.45, 7) is 0.351. The van der Waals surface area contributed by atoms with Gasteiger partial charge in [0, 0.05) is 24.9 Å². The van der Waals surface area contributed by atoms with Crippen LogP contribution in [0.3, 0.4) is 0 Å². The topological polar surface area (TPSA) is 105 Å². The number of rotatable bonds is 5. The Kier molecular flexibility index (Phi) is 3.90. The molecule has 7 heteroatoms. The van der Waals surface area contributed by atoms with Crippen molar-refractivity contribution in [1.29, 1.82) is 0 Å². The molecule has 0 amide bonds. The molecule has 2 aromatic rings. The Hall–Kier alpha value is -2.96. The number of hydrogen-bond acceptors (Lipinski definition) is 5. The van der Waals surface area contributed by atoms with E-state index in [-0.39, 0.29) is 11.4 Å². The zero-order valence-corrected chi connectivity index (χ0v) is 10.3. The molecule has 0 aliphatic carbocycles. The van der Waals surface area contributed by atoms with Gasteiger partial charge in [0.15, 0.2) is 5.69 Å². The lowest BCUT2D eigenvalue weighted by atomic mass is 10.2. The number of nitrogens with zero attached hydrogens (tertiary/aromatic N) is 2. The molecule has 0 aliphatic rings. The number of hydrogen-bond donors (Lipinski definition) is 2. The van der Waals surface area contributed by atoms with Crippen molar-refractivity contribution in [1.82, 2.24) is 4.98 Å². The number of benzene rings is 1. The number of anilines is 1. The Balaban J connectivity index is 2.09. The number of non-ortho nitro benzene ring substituents is 1. The number of carboxylic acids is 1. The second-order valence-electron chi connectivity index (χ2n) is 3.98. The van der Waals surface area contributed by atoms with E-state index in [2.05, 4.69) is 10.3 Å². The minimum Gasteiger partial charge on any atom is -0.476 e. The first-order valence-electron chi connectivity index (χ1n) is 5.73. The van der Waals surface area contributed by atoms with Crippen LogP contribution in [-0.2, 0) is 6.54 Å². The SMILES string of the molecule is O=C(O)c1ncccc1NCc1ccc([N+](=O)[O-])cc1. The Bertz CT molecular complexity index is 640. The molecule has 0 fully saturated rings. The lowest BCUT2D eigenvalue weighted by molar-refractivity contribution is -0.384. The predicted octanol–water partition coefficient (Wildman–Crippen LogP) is 2.30. The fraction of sp³-hybridized carbons (Fsp3) is 0.0769. The molecule has 0 atom stereocenters. The maximum absolute atomic E-state index is 11.0. The Morgan fingerprint density at radius 2 is 2.00 bits per heavy atom. The van der Waals surface area contributed by atoms with E-state index >= 15 is 0 Å². The van der Waals surface area contributed by atoms with Crippen LogP contribution in [0, 0.1) is 10.1 Å². The first kappa shape index (κ1) is 13.5. The molecular weight excluding hydrogens is 262 g/mol. The van der Waals surface area contributed by atoms with Gasteiger partial charge in [-0.25, -0.2) is 9.78 Å². The van der Waals surface area contributed by atoms with E-state index in [0.717, 1.165) is 5.56 Å². The second kappa shape index (κ2) is 5.79. The molecule has 0 saturated carbocycles. The minimum atomic E-state index is -1.11. The van der Waals surface area contributed by atoms with Crippen LogP contribution in [0.1, 0.15) is 16.1 Å². The van der Waals surface area contributed by atoms with Gasteiger partial charge < -0.3 is 10.4 Å². The highest BCUT2D eigenvalue weighted by Gasteiger charge is 2.10. The van der Waals surface area contributed by atoms with Crippen molar-refractivity contribution in [3.63, 3.8) is 0 Å². The van der Waals surface area contributed by atoms with Crippen LogP contribution >= 0.6 is 0 Å². The number of nitro benzene ring substituents is 1. The molecule has 7 nitrogen and oxygen atoms in total. The molecule has 0 aliphatic heterocycles. The fourth-order valence-electron chi connectivity index (χ4n) is 1.65. The van der Waals surface area contributed by atoms with E-state index in [1.165, 1.54) is 18.3 Å². The van der Waals surface area contributed by atoms with Crippen LogP contribution in [-0.4, -0.2) is 21.0 Å².